The number of hydrogen-bond acceptors (Lipinski definition) is 5. The van der Waals surface area contributed by atoms with E-state index in [2.05, 4.69) is 15.4 Å². The van der Waals surface area contributed by atoms with Gasteiger partial charge in [0.1, 0.15) is 29.9 Å². The minimum absolute atomic E-state index is 0.0443. The smallest absolute Gasteiger partial charge is 0.238 e. The molecule has 1 aromatic heterocycles. The van der Waals surface area contributed by atoms with Crippen LogP contribution in [0.1, 0.15) is 5.56 Å². The summed E-state index contributed by atoms with van der Waals surface area (Å²) in [6.45, 7) is -0.269. The Bertz CT molecular complexity index is 953. The lowest BCUT2D eigenvalue weighted by molar-refractivity contribution is -0.118. The Balaban J connectivity index is 1.76. The Morgan fingerprint density at radius 2 is 2.00 bits per heavy atom. The van der Waals surface area contributed by atoms with E-state index in [0.29, 0.717) is 11.8 Å². The molecule has 1 heterocycles. The van der Waals surface area contributed by atoms with E-state index < -0.39 is 17.2 Å². The highest BCUT2D eigenvalue weighted by atomic mass is 19.1. The molecule has 0 saturated heterocycles. The number of amides is 1. The number of nitrogens with zero attached hydrogens (tertiary/aromatic N) is 4. The molecule has 0 radical (unpaired) electrons. The van der Waals surface area contributed by atoms with Crippen molar-refractivity contribution in [1.82, 2.24) is 19.7 Å². The van der Waals surface area contributed by atoms with E-state index in [4.69, 9.17) is 0 Å². The Morgan fingerprint density at radius 3 is 2.66 bits per heavy atom. The molecule has 1 amide bonds. The summed E-state index contributed by atoms with van der Waals surface area (Å²) < 4.78 is 29.1. The quantitative estimate of drug-likeness (QED) is 0.603. The molecule has 0 spiro atoms. The fraction of sp³-hybridized carbons (Fsp3) is 0.250. The van der Waals surface area contributed by atoms with Gasteiger partial charge in [-0.3, -0.25) is 9.69 Å². The number of carbonyl (C=O) groups excluding carboxylic acids is 1. The number of likely N-dealkylation sites (N-methyl/N-ethyl adjacent to an activating group) is 1. The van der Waals surface area contributed by atoms with Crippen molar-refractivity contribution in [3.8, 4) is 0 Å². The first-order chi connectivity index (χ1) is 13.9. The molecule has 0 fully saturated rings. The van der Waals surface area contributed by atoms with Crippen molar-refractivity contribution < 1.29 is 18.7 Å². The highest BCUT2D eigenvalue weighted by Gasteiger charge is 2.35. The molecule has 2 aromatic carbocycles. The van der Waals surface area contributed by atoms with E-state index in [1.165, 1.54) is 23.4 Å². The Kier molecular flexibility index (Phi) is 6.30. The van der Waals surface area contributed by atoms with E-state index in [9.17, 15) is 18.7 Å². The Labute approximate surface area is 166 Å². The molecule has 152 valence electrons. The van der Waals surface area contributed by atoms with E-state index >= 15 is 0 Å². The van der Waals surface area contributed by atoms with Crippen molar-refractivity contribution in [3.63, 3.8) is 0 Å². The monoisotopic (exact) mass is 401 g/mol. The number of halogens is 2. The van der Waals surface area contributed by atoms with Crippen LogP contribution in [0.4, 0.5) is 14.5 Å². The van der Waals surface area contributed by atoms with Gasteiger partial charge in [-0.1, -0.05) is 24.3 Å². The van der Waals surface area contributed by atoms with Crippen LogP contribution in [0.2, 0.25) is 0 Å². The normalized spacial score (nSPS) is 13.3. The predicted octanol–water partition coefficient (Wildman–Crippen LogP) is 2.01. The second kappa shape index (κ2) is 8.89. The van der Waals surface area contributed by atoms with Crippen molar-refractivity contribution in [3.05, 3.63) is 78.4 Å². The zero-order valence-electron chi connectivity index (χ0n) is 15.8. The van der Waals surface area contributed by atoms with Crippen LogP contribution >= 0.6 is 0 Å². The minimum atomic E-state index is -1.77. The molecule has 1 atom stereocenters. The van der Waals surface area contributed by atoms with Crippen molar-refractivity contribution in [2.75, 3.05) is 25.5 Å². The van der Waals surface area contributed by atoms with Gasteiger partial charge in [-0.25, -0.2) is 18.4 Å². The van der Waals surface area contributed by atoms with Gasteiger partial charge in [-0.15, -0.1) is 0 Å². The topological polar surface area (TPSA) is 83.3 Å². The lowest BCUT2D eigenvalue weighted by Gasteiger charge is -2.33. The van der Waals surface area contributed by atoms with E-state index in [1.54, 1.807) is 36.2 Å². The number of hydrogen-bond donors (Lipinski definition) is 2. The van der Waals surface area contributed by atoms with E-state index in [0.717, 1.165) is 6.07 Å². The van der Waals surface area contributed by atoms with Crippen LogP contribution < -0.4 is 5.32 Å². The molecule has 0 aliphatic carbocycles. The van der Waals surface area contributed by atoms with Crippen LogP contribution in [0.25, 0.3) is 0 Å². The Hall–Kier alpha value is -3.17. The number of para-hydroxylation sites is 1. The summed E-state index contributed by atoms with van der Waals surface area (Å²) in [4.78, 5) is 17.7. The first-order valence-electron chi connectivity index (χ1n) is 8.89. The molecule has 0 bridgehead atoms. The van der Waals surface area contributed by atoms with Gasteiger partial charge in [0.05, 0.1) is 13.1 Å². The largest absolute Gasteiger partial charge is 0.382 e. The molecule has 0 saturated carbocycles. The summed E-state index contributed by atoms with van der Waals surface area (Å²) in [7, 11) is 1.62. The zero-order chi connectivity index (χ0) is 20.9. The molecule has 1 unspecified atom stereocenters. The lowest BCUT2D eigenvalue weighted by Crippen LogP contribution is -2.45. The van der Waals surface area contributed by atoms with Gasteiger partial charge in [0.2, 0.25) is 5.91 Å². The third-order valence-electron chi connectivity index (χ3n) is 4.33. The van der Waals surface area contributed by atoms with E-state index in [-0.39, 0.29) is 31.1 Å². The maximum atomic E-state index is 14.4. The van der Waals surface area contributed by atoms with Crippen molar-refractivity contribution in [2.24, 2.45) is 0 Å². The average molecular weight is 401 g/mol. The van der Waals surface area contributed by atoms with Crippen LogP contribution in [0.3, 0.4) is 0 Å². The molecular weight excluding hydrogens is 380 g/mol. The molecule has 2 N–H and O–H groups in total. The SMILES string of the molecule is CN(CC(=O)Nc1ccccc1)CC(O)(Cn1cncn1)c1ccc(F)cc1F. The van der Waals surface area contributed by atoms with Gasteiger partial charge in [0.15, 0.2) is 0 Å². The highest BCUT2D eigenvalue weighted by Crippen LogP contribution is 2.27. The number of rotatable bonds is 8. The van der Waals surface area contributed by atoms with Gasteiger partial charge in [-0.05, 0) is 25.2 Å². The molecular formula is C20H21F2N5O2. The van der Waals surface area contributed by atoms with Gasteiger partial charge < -0.3 is 10.4 Å². The number of carbonyl (C=O) groups is 1. The number of benzene rings is 2. The maximum absolute atomic E-state index is 14.4. The number of aromatic nitrogens is 3. The molecule has 3 rings (SSSR count). The second-order valence-corrected chi connectivity index (χ2v) is 6.84. The summed E-state index contributed by atoms with van der Waals surface area (Å²) >= 11 is 0. The van der Waals surface area contributed by atoms with Crippen LogP contribution in [0, 0.1) is 11.6 Å². The van der Waals surface area contributed by atoms with Crippen molar-refractivity contribution >= 4 is 11.6 Å². The third-order valence-corrected chi connectivity index (χ3v) is 4.33. The third kappa shape index (κ3) is 5.43. The average Bonchev–Trinajstić information content (AvgIpc) is 3.14. The van der Waals surface area contributed by atoms with Gasteiger partial charge in [-0.2, -0.15) is 5.10 Å². The number of anilines is 1. The van der Waals surface area contributed by atoms with Gasteiger partial charge in [0.25, 0.3) is 0 Å². The summed E-state index contributed by atoms with van der Waals surface area (Å²) in [5.41, 5.74) is -1.22. The molecule has 9 heteroatoms. The van der Waals surface area contributed by atoms with E-state index in [1.807, 2.05) is 6.07 Å². The second-order valence-electron chi connectivity index (χ2n) is 6.84. The standard InChI is InChI=1S/C20H21F2N5O2/c1-26(10-19(28)25-16-5-3-2-4-6-16)11-20(29,12-27-14-23-13-24-27)17-8-7-15(21)9-18(17)22/h2-9,13-14,29H,10-12H2,1H3,(H,25,28). The lowest BCUT2D eigenvalue weighted by atomic mass is 9.92. The first-order valence-corrected chi connectivity index (χ1v) is 8.89. The Morgan fingerprint density at radius 1 is 1.24 bits per heavy atom. The molecule has 0 aliphatic heterocycles. The first kappa shape index (κ1) is 20.6. The van der Waals surface area contributed by atoms with Gasteiger partial charge >= 0.3 is 0 Å². The number of nitrogens with one attached hydrogen (secondary N) is 1. The maximum Gasteiger partial charge on any atom is 0.238 e. The minimum Gasteiger partial charge on any atom is -0.382 e. The zero-order valence-corrected chi connectivity index (χ0v) is 15.8. The van der Waals surface area contributed by atoms with Crippen molar-refractivity contribution in [1.29, 1.82) is 0 Å². The molecule has 0 aliphatic rings. The fourth-order valence-corrected chi connectivity index (χ4v) is 3.14. The van der Waals surface area contributed by atoms with Crippen LogP contribution in [0.15, 0.2) is 61.2 Å². The fourth-order valence-electron chi connectivity index (χ4n) is 3.14. The van der Waals surface area contributed by atoms with Gasteiger partial charge in [0, 0.05) is 23.9 Å². The van der Waals surface area contributed by atoms with Crippen LogP contribution in [-0.4, -0.2) is 50.8 Å². The van der Waals surface area contributed by atoms with Crippen molar-refractivity contribution in [2.45, 2.75) is 12.1 Å². The number of aliphatic hydroxyl groups is 1. The molecule has 7 nitrogen and oxygen atoms in total. The summed E-state index contributed by atoms with van der Waals surface area (Å²) in [5, 5.41) is 18.0. The summed E-state index contributed by atoms with van der Waals surface area (Å²) in [5.74, 6) is -1.92. The summed E-state index contributed by atoms with van der Waals surface area (Å²) in [6, 6.07) is 11.9. The highest BCUT2D eigenvalue weighted by molar-refractivity contribution is 5.92. The molecule has 3 aromatic rings. The summed E-state index contributed by atoms with van der Waals surface area (Å²) in [6.07, 6.45) is 2.67. The molecule has 29 heavy (non-hydrogen) atoms. The van der Waals surface area contributed by atoms with Crippen LogP contribution in [-0.2, 0) is 16.9 Å². The van der Waals surface area contributed by atoms with Crippen LogP contribution in [0.5, 0.6) is 0 Å². The predicted molar refractivity (Wildman–Crippen MR) is 103 cm³/mol.